The SMILES string of the molecule is Cc1ccc(Br)cc1C(=O)NCCNc1cnccn1. The minimum Gasteiger partial charge on any atom is -0.367 e. The van der Waals surface area contributed by atoms with E-state index in [2.05, 4.69) is 36.5 Å². The minimum absolute atomic E-state index is 0.0789. The van der Waals surface area contributed by atoms with Crippen LogP contribution in [0.5, 0.6) is 0 Å². The standard InChI is InChI=1S/C14H15BrN4O/c1-10-2-3-11(15)8-12(10)14(20)19-7-6-18-13-9-16-4-5-17-13/h2-5,8-9H,6-7H2,1H3,(H,17,18)(H,19,20). The number of amides is 1. The molecule has 0 unspecified atom stereocenters. The smallest absolute Gasteiger partial charge is 0.251 e. The third kappa shape index (κ3) is 4.03. The lowest BCUT2D eigenvalue weighted by Crippen LogP contribution is -2.29. The van der Waals surface area contributed by atoms with Crippen LogP contribution in [0.3, 0.4) is 0 Å². The van der Waals surface area contributed by atoms with Gasteiger partial charge in [0.1, 0.15) is 5.82 Å². The molecule has 0 atom stereocenters. The summed E-state index contributed by atoms with van der Waals surface area (Å²) in [5.41, 5.74) is 1.63. The molecule has 1 aromatic heterocycles. The molecule has 5 nitrogen and oxygen atoms in total. The highest BCUT2D eigenvalue weighted by Gasteiger charge is 2.08. The number of carbonyl (C=O) groups is 1. The summed E-state index contributed by atoms with van der Waals surface area (Å²) in [5, 5.41) is 5.95. The van der Waals surface area contributed by atoms with Crippen molar-refractivity contribution in [1.29, 1.82) is 0 Å². The summed E-state index contributed by atoms with van der Waals surface area (Å²) in [7, 11) is 0. The van der Waals surface area contributed by atoms with Crippen LogP contribution in [-0.2, 0) is 0 Å². The molecule has 104 valence electrons. The second-order valence-electron chi connectivity index (χ2n) is 4.23. The van der Waals surface area contributed by atoms with E-state index in [0.717, 1.165) is 10.0 Å². The number of anilines is 1. The summed E-state index contributed by atoms with van der Waals surface area (Å²) in [4.78, 5) is 20.1. The van der Waals surface area contributed by atoms with Crippen LogP contribution >= 0.6 is 15.9 Å². The number of rotatable bonds is 5. The first kappa shape index (κ1) is 14.5. The van der Waals surface area contributed by atoms with Crippen LogP contribution in [0, 0.1) is 6.92 Å². The summed E-state index contributed by atoms with van der Waals surface area (Å²) in [6, 6.07) is 5.65. The summed E-state index contributed by atoms with van der Waals surface area (Å²) in [6.45, 7) is 3.03. The Morgan fingerprint density at radius 2 is 2.15 bits per heavy atom. The predicted octanol–water partition coefficient (Wildman–Crippen LogP) is 2.39. The Bertz CT molecular complexity index is 589. The molecule has 1 amide bonds. The molecule has 20 heavy (non-hydrogen) atoms. The van der Waals surface area contributed by atoms with E-state index in [9.17, 15) is 4.79 Å². The van der Waals surface area contributed by atoms with Gasteiger partial charge in [-0.15, -0.1) is 0 Å². The zero-order valence-electron chi connectivity index (χ0n) is 11.1. The van der Waals surface area contributed by atoms with Gasteiger partial charge in [0.05, 0.1) is 6.20 Å². The molecule has 0 aliphatic heterocycles. The summed E-state index contributed by atoms with van der Waals surface area (Å²) >= 11 is 3.37. The molecule has 0 saturated carbocycles. The van der Waals surface area contributed by atoms with E-state index in [1.165, 1.54) is 0 Å². The molecule has 2 N–H and O–H groups in total. The fourth-order valence-corrected chi connectivity index (χ4v) is 2.05. The third-order valence-electron chi connectivity index (χ3n) is 2.72. The fraction of sp³-hybridized carbons (Fsp3) is 0.214. The van der Waals surface area contributed by atoms with Crippen LogP contribution in [0.25, 0.3) is 0 Å². The van der Waals surface area contributed by atoms with Crippen LogP contribution < -0.4 is 10.6 Å². The Morgan fingerprint density at radius 1 is 1.30 bits per heavy atom. The lowest BCUT2D eigenvalue weighted by atomic mass is 10.1. The maximum Gasteiger partial charge on any atom is 0.251 e. The second kappa shape index (κ2) is 7.00. The first-order valence-corrected chi connectivity index (χ1v) is 7.00. The van der Waals surface area contributed by atoms with Crippen molar-refractivity contribution in [3.05, 3.63) is 52.4 Å². The highest BCUT2D eigenvalue weighted by Crippen LogP contribution is 2.15. The van der Waals surface area contributed by atoms with Crippen molar-refractivity contribution in [3.8, 4) is 0 Å². The summed E-state index contributed by atoms with van der Waals surface area (Å²) in [5.74, 6) is 0.616. The van der Waals surface area contributed by atoms with Gasteiger partial charge in [0.25, 0.3) is 5.91 Å². The summed E-state index contributed by atoms with van der Waals surface area (Å²) < 4.78 is 0.894. The van der Waals surface area contributed by atoms with E-state index < -0.39 is 0 Å². The highest BCUT2D eigenvalue weighted by molar-refractivity contribution is 9.10. The van der Waals surface area contributed by atoms with Crippen molar-refractivity contribution in [3.63, 3.8) is 0 Å². The first-order chi connectivity index (χ1) is 9.66. The number of nitrogens with one attached hydrogen (secondary N) is 2. The van der Waals surface area contributed by atoms with E-state index >= 15 is 0 Å². The van der Waals surface area contributed by atoms with Gasteiger partial charge in [-0.25, -0.2) is 4.98 Å². The molecule has 0 aliphatic rings. The maximum absolute atomic E-state index is 12.0. The van der Waals surface area contributed by atoms with Gasteiger partial charge in [0.2, 0.25) is 0 Å². The van der Waals surface area contributed by atoms with Crippen molar-refractivity contribution in [1.82, 2.24) is 15.3 Å². The normalized spacial score (nSPS) is 10.1. The molecule has 6 heteroatoms. The van der Waals surface area contributed by atoms with E-state index in [1.54, 1.807) is 18.6 Å². The molecule has 0 saturated heterocycles. The molecule has 2 aromatic rings. The van der Waals surface area contributed by atoms with Gasteiger partial charge < -0.3 is 10.6 Å². The quantitative estimate of drug-likeness (QED) is 0.824. The Balaban J connectivity index is 1.82. The Hall–Kier alpha value is -1.95. The molecule has 2 rings (SSSR count). The average Bonchev–Trinajstić information content (AvgIpc) is 2.47. The highest BCUT2D eigenvalue weighted by atomic mass is 79.9. The molecular weight excluding hydrogens is 320 g/mol. The van der Waals surface area contributed by atoms with Crippen LogP contribution in [0.15, 0.2) is 41.3 Å². The zero-order valence-corrected chi connectivity index (χ0v) is 12.6. The van der Waals surface area contributed by atoms with E-state index in [-0.39, 0.29) is 5.91 Å². The number of halogens is 1. The molecule has 0 bridgehead atoms. The number of hydrogen-bond donors (Lipinski definition) is 2. The molecule has 1 aromatic carbocycles. The Morgan fingerprint density at radius 3 is 2.90 bits per heavy atom. The summed E-state index contributed by atoms with van der Waals surface area (Å²) in [6.07, 6.45) is 4.87. The average molecular weight is 335 g/mol. The number of carbonyl (C=O) groups excluding carboxylic acids is 1. The van der Waals surface area contributed by atoms with Crippen molar-refractivity contribution < 1.29 is 4.79 Å². The van der Waals surface area contributed by atoms with E-state index in [0.29, 0.717) is 24.5 Å². The molecule has 0 fully saturated rings. The fourth-order valence-electron chi connectivity index (χ4n) is 1.69. The van der Waals surface area contributed by atoms with Crippen LogP contribution in [-0.4, -0.2) is 29.0 Å². The monoisotopic (exact) mass is 334 g/mol. The molecule has 0 spiro atoms. The molecule has 0 radical (unpaired) electrons. The van der Waals surface area contributed by atoms with Gasteiger partial charge in [-0.05, 0) is 24.6 Å². The molecular formula is C14H15BrN4O. The van der Waals surface area contributed by atoms with Crippen molar-refractivity contribution in [2.24, 2.45) is 0 Å². The lowest BCUT2D eigenvalue weighted by molar-refractivity contribution is 0.0954. The van der Waals surface area contributed by atoms with Gasteiger partial charge >= 0.3 is 0 Å². The van der Waals surface area contributed by atoms with Crippen LogP contribution in [0.2, 0.25) is 0 Å². The molecule has 1 heterocycles. The second-order valence-corrected chi connectivity index (χ2v) is 5.15. The first-order valence-electron chi connectivity index (χ1n) is 6.21. The van der Waals surface area contributed by atoms with Gasteiger partial charge in [0.15, 0.2) is 0 Å². The minimum atomic E-state index is -0.0789. The number of benzene rings is 1. The van der Waals surface area contributed by atoms with Gasteiger partial charge in [-0.1, -0.05) is 22.0 Å². The number of nitrogens with zero attached hydrogens (tertiary/aromatic N) is 2. The topological polar surface area (TPSA) is 66.9 Å². The van der Waals surface area contributed by atoms with Crippen molar-refractivity contribution >= 4 is 27.7 Å². The van der Waals surface area contributed by atoms with Crippen molar-refractivity contribution in [2.75, 3.05) is 18.4 Å². The number of aromatic nitrogens is 2. The van der Waals surface area contributed by atoms with Crippen LogP contribution in [0.1, 0.15) is 15.9 Å². The van der Waals surface area contributed by atoms with Crippen LogP contribution in [0.4, 0.5) is 5.82 Å². The van der Waals surface area contributed by atoms with E-state index in [4.69, 9.17) is 0 Å². The van der Waals surface area contributed by atoms with Gasteiger partial charge in [0, 0.05) is 35.5 Å². The number of hydrogen-bond acceptors (Lipinski definition) is 4. The Labute approximate surface area is 126 Å². The third-order valence-corrected chi connectivity index (χ3v) is 3.22. The zero-order chi connectivity index (χ0) is 14.4. The largest absolute Gasteiger partial charge is 0.367 e. The van der Waals surface area contributed by atoms with Gasteiger partial charge in [-0.2, -0.15) is 0 Å². The lowest BCUT2D eigenvalue weighted by Gasteiger charge is -2.09. The maximum atomic E-state index is 12.0. The van der Waals surface area contributed by atoms with Crippen molar-refractivity contribution in [2.45, 2.75) is 6.92 Å². The van der Waals surface area contributed by atoms with Gasteiger partial charge in [-0.3, -0.25) is 9.78 Å². The predicted molar refractivity (Wildman–Crippen MR) is 81.7 cm³/mol. The van der Waals surface area contributed by atoms with E-state index in [1.807, 2.05) is 25.1 Å². The molecule has 0 aliphatic carbocycles. The number of aryl methyl sites for hydroxylation is 1. The Kier molecular flexibility index (Phi) is 5.06.